The Morgan fingerprint density at radius 3 is 2.32 bits per heavy atom. The lowest BCUT2D eigenvalue weighted by Gasteiger charge is -2.32. The first-order valence-electron chi connectivity index (χ1n) is 11.6. The van der Waals surface area contributed by atoms with Crippen molar-refractivity contribution in [3.05, 3.63) is 88.1 Å². The van der Waals surface area contributed by atoms with E-state index in [1.165, 1.54) is 16.2 Å². The first-order chi connectivity index (χ1) is 16.5. The van der Waals surface area contributed by atoms with Gasteiger partial charge in [-0.3, -0.25) is 19.3 Å². The summed E-state index contributed by atoms with van der Waals surface area (Å²) in [5.74, 6) is -0.875. The summed E-state index contributed by atoms with van der Waals surface area (Å²) in [7, 11) is 0. The maximum absolute atomic E-state index is 13.6. The fourth-order valence-electron chi connectivity index (χ4n) is 4.28. The zero-order chi connectivity index (χ0) is 23.9. The average molecular weight is 476 g/mol. The number of hydrogen-bond donors (Lipinski definition) is 2. The number of benzene rings is 2. The summed E-state index contributed by atoms with van der Waals surface area (Å²) in [5.41, 5.74) is 2.38. The molecule has 0 bridgehead atoms. The van der Waals surface area contributed by atoms with Crippen molar-refractivity contribution in [1.82, 2.24) is 10.6 Å². The smallest absolute Gasteiger partial charge is 0.261 e. The first kappa shape index (κ1) is 23.7. The van der Waals surface area contributed by atoms with Crippen LogP contribution in [0, 0.1) is 6.92 Å². The van der Waals surface area contributed by atoms with E-state index in [4.69, 9.17) is 0 Å². The number of carbonyl (C=O) groups excluding carboxylic acids is 3. The van der Waals surface area contributed by atoms with Crippen LogP contribution in [0.5, 0.6) is 0 Å². The predicted octanol–water partition coefficient (Wildman–Crippen LogP) is 4.62. The molecule has 0 radical (unpaired) electrons. The molecule has 0 spiro atoms. The Balaban J connectivity index is 1.65. The van der Waals surface area contributed by atoms with Gasteiger partial charge < -0.3 is 10.6 Å². The number of rotatable bonds is 8. The van der Waals surface area contributed by atoms with Crippen LogP contribution in [-0.2, 0) is 9.59 Å². The van der Waals surface area contributed by atoms with E-state index >= 15 is 0 Å². The molecule has 6 nitrogen and oxygen atoms in total. The van der Waals surface area contributed by atoms with Gasteiger partial charge in [0, 0.05) is 11.7 Å². The Hall–Kier alpha value is -3.45. The number of anilines is 1. The molecule has 4 rings (SSSR count). The Kier molecular flexibility index (Phi) is 7.75. The predicted molar refractivity (Wildman–Crippen MR) is 135 cm³/mol. The summed E-state index contributed by atoms with van der Waals surface area (Å²) in [6.45, 7) is 1.75. The van der Waals surface area contributed by atoms with Gasteiger partial charge in [-0.1, -0.05) is 66.9 Å². The highest BCUT2D eigenvalue weighted by molar-refractivity contribution is 7.12. The highest BCUT2D eigenvalue weighted by Crippen LogP contribution is 2.29. The molecule has 2 N–H and O–H groups in total. The molecule has 1 fully saturated rings. The molecule has 176 valence electrons. The lowest BCUT2D eigenvalue weighted by atomic mass is 10.0. The normalized spacial score (nSPS) is 14.4. The molecule has 1 saturated carbocycles. The lowest BCUT2D eigenvalue weighted by molar-refractivity contribution is -0.126. The second-order valence-electron chi connectivity index (χ2n) is 8.56. The van der Waals surface area contributed by atoms with Gasteiger partial charge in [-0.2, -0.15) is 0 Å². The van der Waals surface area contributed by atoms with Crippen LogP contribution in [0.2, 0.25) is 0 Å². The van der Waals surface area contributed by atoms with Crippen LogP contribution in [0.4, 0.5) is 5.69 Å². The summed E-state index contributed by atoms with van der Waals surface area (Å²) in [6, 6.07) is 19.6. The van der Waals surface area contributed by atoms with Crippen molar-refractivity contribution in [2.45, 2.75) is 44.7 Å². The zero-order valence-corrected chi connectivity index (χ0v) is 20.0. The second kappa shape index (κ2) is 11.1. The minimum atomic E-state index is -0.851. The molecule has 0 unspecified atom stereocenters. The van der Waals surface area contributed by atoms with E-state index in [0.29, 0.717) is 10.6 Å². The SMILES string of the molecule is Cc1ccc(N(C(=O)CNC(=O)c2cccs2)[C@H](C(=O)NC2CCCC2)c2ccccc2)cc1. The van der Waals surface area contributed by atoms with Crippen LogP contribution in [0.1, 0.15) is 52.5 Å². The number of thiophene rings is 1. The largest absolute Gasteiger partial charge is 0.351 e. The van der Waals surface area contributed by atoms with Crippen LogP contribution in [0.3, 0.4) is 0 Å². The Morgan fingerprint density at radius 1 is 0.971 bits per heavy atom. The van der Waals surface area contributed by atoms with E-state index in [0.717, 1.165) is 36.8 Å². The number of nitrogens with one attached hydrogen (secondary N) is 2. The van der Waals surface area contributed by atoms with Crippen molar-refractivity contribution in [3.63, 3.8) is 0 Å². The molecule has 3 amide bonds. The van der Waals surface area contributed by atoms with Gasteiger partial charge in [-0.15, -0.1) is 11.3 Å². The third kappa shape index (κ3) is 5.72. The van der Waals surface area contributed by atoms with Crippen molar-refractivity contribution >= 4 is 34.7 Å². The van der Waals surface area contributed by atoms with E-state index in [1.807, 2.05) is 66.9 Å². The molecule has 1 aromatic heterocycles. The van der Waals surface area contributed by atoms with E-state index in [9.17, 15) is 14.4 Å². The molecule has 1 atom stereocenters. The number of nitrogens with zero attached hydrogens (tertiary/aromatic N) is 1. The van der Waals surface area contributed by atoms with Gasteiger partial charge in [0.1, 0.15) is 6.04 Å². The standard InChI is InChI=1S/C27H29N3O3S/c1-19-13-15-22(16-14-19)30(24(31)18-28-26(32)23-12-7-17-34-23)25(20-8-3-2-4-9-20)27(33)29-21-10-5-6-11-21/h2-4,7-9,12-17,21,25H,5-6,10-11,18H2,1H3,(H,28,32)(H,29,33)/t25-/m0/s1. The van der Waals surface area contributed by atoms with Crippen molar-refractivity contribution in [2.24, 2.45) is 0 Å². The monoisotopic (exact) mass is 475 g/mol. The minimum Gasteiger partial charge on any atom is -0.351 e. The first-order valence-corrected chi connectivity index (χ1v) is 12.5. The summed E-state index contributed by atoms with van der Waals surface area (Å²) < 4.78 is 0. The number of carbonyl (C=O) groups is 3. The fourth-order valence-corrected chi connectivity index (χ4v) is 4.92. The second-order valence-corrected chi connectivity index (χ2v) is 9.51. The zero-order valence-electron chi connectivity index (χ0n) is 19.2. The molecule has 0 saturated heterocycles. The van der Waals surface area contributed by atoms with Crippen LogP contribution in [0.15, 0.2) is 72.1 Å². The van der Waals surface area contributed by atoms with Gasteiger partial charge in [0.15, 0.2) is 0 Å². The molecule has 1 heterocycles. The fraction of sp³-hybridized carbons (Fsp3) is 0.296. The molecule has 3 aromatic rings. The molecule has 2 aromatic carbocycles. The maximum atomic E-state index is 13.6. The Bertz CT molecular complexity index is 1110. The van der Waals surface area contributed by atoms with Gasteiger partial charge in [-0.05, 0) is 48.9 Å². The highest BCUT2D eigenvalue weighted by Gasteiger charge is 2.34. The average Bonchev–Trinajstić information content (AvgIpc) is 3.57. The molecular formula is C27H29N3O3S. The van der Waals surface area contributed by atoms with Crippen molar-refractivity contribution in [3.8, 4) is 0 Å². The quantitative estimate of drug-likeness (QED) is 0.499. The van der Waals surface area contributed by atoms with Crippen LogP contribution in [-0.4, -0.2) is 30.3 Å². The number of amides is 3. The topological polar surface area (TPSA) is 78.5 Å². The molecule has 7 heteroatoms. The third-order valence-electron chi connectivity index (χ3n) is 6.05. The molecular weight excluding hydrogens is 446 g/mol. The van der Waals surface area contributed by atoms with Gasteiger partial charge in [0.2, 0.25) is 11.8 Å². The Labute approximate surface area is 204 Å². The van der Waals surface area contributed by atoms with Crippen LogP contribution >= 0.6 is 11.3 Å². The van der Waals surface area contributed by atoms with Crippen molar-refractivity contribution in [2.75, 3.05) is 11.4 Å². The molecule has 0 aliphatic heterocycles. The number of aryl methyl sites for hydroxylation is 1. The van der Waals surface area contributed by atoms with E-state index in [-0.39, 0.29) is 30.3 Å². The summed E-state index contributed by atoms with van der Waals surface area (Å²) in [5, 5.41) is 7.69. The molecule has 1 aliphatic rings. The van der Waals surface area contributed by atoms with Gasteiger partial charge in [0.25, 0.3) is 5.91 Å². The van der Waals surface area contributed by atoms with E-state index in [1.54, 1.807) is 12.1 Å². The highest BCUT2D eigenvalue weighted by atomic mass is 32.1. The summed E-state index contributed by atoms with van der Waals surface area (Å²) >= 11 is 1.31. The van der Waals surface area contributed by atoms with E-state index < -0.39 is 6.04 Å². The van der Waals surface area contributed by atoms with E-state index in [2.05, 4.69) is 10.6 Å². The third-order valence-corrected chi connectivity index (χ3v) is 6.92. The molecule has 1 aliphatic carbocycles. The maximum Gasteiger partial charge on any atom is 0.261 e. The van der Waals surface area contributed by atoms with Crippen LogP contribution in [0.25, 0.3) is 0 Å². The van der Waals surface area contributed by atoms with Gasteiger partial charge >= 0.3 is 0 Å². The van der Waals surface area contributed by atoms with Crippen molar-refractivity contribution in [1.29, 1.82) is 0 Å². The van der Waals surface area contributed by atoms with Crippen molar-refractivity contribution < 1.29 is 14.4 Å². The number of hydrogen-bond acceptors (Lipinski definition) is 4. The Morgan fingerprint density at radius 2 is 1.68 bits per heavy atom. The lowest BCUT2D eigenvalue weighted by Crippen LogP contribution is -2.49. The van der Waals surface area contributed by atoms with Gasteiger partial charge in [-0.25, -0.2) is 0 Å². The van der Waals surface area contributed by atoms with Gasteiger partial charge in [0.05, 0.1) is 11.4 Å². The summed E-state index contributed by atoms with van der Waals surface area (Å²) in [6.07, 6.45) is 4.08. The summed E-state index contributed by atoms with van der Waals surface area (Å²) in [4.78, 5) is 41.7. The molecule has 34 heavy (non-hydrogen) atoms. The minimum absolute atomic E-state index is 0.118. The van der Waals surface area contributed by atoms with Crippen LogP contribution < -0.4 is 15.5 Å².